The van der Waals surface area contributed by atoms with Crippen LogP contribution in [0.2, 0.25) is 0 Å². The maximum absolute atomic E-state index is 5.69. The molecule has 0 aliphatic carbocycles. The van der Waals surface area contributed by atoms with Crippen molar-refractivity contribution in [2.24, 2.45) is 5.92 Å². The predicted molar refractivity (Wildman–Crippen MR) is 96.0 cm³/mol. The Hall–Kier alpha value is -0.770. The zero-order chi connectivity index (χ0) is 15.1. The van der Waals surface area contributed by atoms with Crippen molar-refractivity contribution in [1.82, 2.24) is 10.2 Å². The van der Waals surface area contributed by atoms with Gasteiger partial charge in [0.25, 0.3) is 0 Å². The van der Waals surface area contributed by atoms with Crippen molar-refractivity contribution in [3.8, 4) is 5.75 Å². The van der Waals surface area contributed by atoms with E-state index in [0.29, 0.717) is 0 Å². The Bertz CT molecular complexity index is 400. The summed E-state index contributed by atoms with van der Waals surface area (Å²) in [7, 11) is 2.04. The summed E-state index contributed by atoms with van der Waals surface area (Å²) in [6.45, 7) is 8.82. The zero-order valence-electron chi connectivity index (χ0n) is 14.2. The van der Waals surface area contributed by atoms with Gasteiger partial charge in [0.1, 0.15) is 5.75 Å². The number of nitrogens with zero attached hydrogens (tertiary/aromatic N) is 1. The highest BCUT2D eigenvalue weighted by molar-refractivity contribution is 5.85. The first kappa shape index (κ1) is 19.3. The van der Waals surface area contributed by atoms with E-state index in [0.717, 1.165) is 24.8 Å². The highest BCUT2D eigenvalue weighted by Crippen LogP contribution is 2.22. The lowest BCUT2D eigenvalue weighted by molar-refractivity contribution is 0.172. The van der Waals surface area contributed by atoms with Crippen LogP contribution in [0.25, 0.3) is 0 Å². The second-order valence-electron chi connectivity index (χ2n) is 6.42. The molecule has 0 aromatic heterocycles. The van der Waals surface area contributed by atoms with Gasteiger partial charge in [0.05, 0.1) is 6.10 Å². The van der Waals surface area contributed by atoms with Gasteiger partial charge in [-0.2, -0.15) is 0 Å². The molecule has 3 nitrogen and oxygen atoms in total. The molecule has 0 bridgehead atoms. The molecule has 0 amide bonds. The molecule has 1 aromatic carbocycles. The molecule has 4 heteroatoms. The molecule has 126 valence electrons. The summed E-state index contributed by atoms with van der Waals surface area (Å²) < 4.78 is 5.69. The van der Waals surface area contributed by atoms with Crippen LogP contribution in [0.3, 0.4) is 0 Å². The molecule has 1 N–H and O–H groups in total. The summed E-state index contributed by atoms with van der Waals surface area (Å²) in [6, 6.07) is 8.58. The Kier molecular flexibility index (Phi) is 8.84. The van der Waals surface area contributed by atoms with E-state index in [4.69, 9.17) is 4.74 Å². The summed E-state index contributed by atoms with van der Waals surface area (Å²) >= 11 is 0. The number of hydrogen-bond donors (Lipinski definition) is 1. The first-order valence-electron chi connectivity index (χ1n) is 8.30. The highest BCUT2D eigenvalue weighted by Gasteiger charge is 2.18. The summed E-state index contributed by atoms with van der Waals surface area (Å²) in [5.41, 5.74) is 1.39. The molecule has 2 rings (SSSR count). The minimum atomic E-state index is 0. The molecule has 1 saturated heterocycles. The molecule has 1 heterocycles. The molecule has 1 aliphatic rings. The minimum absolute atomic E-state index is 0. The van der Waals surface area contributed by atoms with E-state index in [9.17, 15) is 0 Å². The van der Waals surface area contributed by atoms with Gasteiger partial charge < -0.3 is 10.1 Å². The summed E-state index contributed by atoms with van der Waals surface area (Å²) in [5.74, 6) is 1.88. The van der Waals surface area contributed by atoms with E-state index in [1.807, 2.05) is 7.05 Å². The number of piperidine rings is 1. The van der Waals surface area contributed by atoms with Gasteiger partial charge in [-0.3, -0.25) is 4.90 Å². The van der Waals surface area contributed by atoms with Crippen LogP contribution >= 0.6 is 12.4 Å². The van der Waals surface area contributed by atoms with Gasteiger partial charge in [0, 0.05) is 6.54 Å². The van der Waals surface area contributed by atoms with Gasteiger partial charge in [-0.1, -0.05) is 12.1 Å². The van der Waals surface area contributed by atoms with Crippen LogP contribution in [0.5, 0.6) is 5.75 Å². The Balaban J connectivity index is 0.00000242. The van der Waals surface area contributed by atoms with Crippen molar-refractivity contribution < 1.29 is 4.74 Å². The predicted octanol–water partition coefficient (Wildman–Crippen LogP) is 3.72. The largest absolute Gasteiger partial charge is 0.491 e. The molecule has 0 radical (unpaired) electrons. The van der Waals surface area contributed by atoms with Gasteiger partial charge in [0.15, 0.2) is 0 Å². The molecule has 22 heavy (non-hydrogen) atoms. The third-order valence-electron chi connectivity index (χ3n) is 4.21. The van der Waals surface area contributed by atoms with Crippen molar-refractivity contribution in [2.75, 3.05) is 26.7 Å². The SMILES string of the molecule is CNCCC1CCN(Cc2ccc(OC(C)C)cc2)CC1.Cl. The number of hydrogen-bond acceptors (Lipinski definition) is 3. The van der Waals surface area contributed by atoms with Crippen molar-refractivity contribution in [3.05, 3.63) is 29.8 Å². The molecule has 0 spiro atoms. The standard InChI is InChI=1S/C18H30N2O.ClH/c1-15(2)21-18-6-4-17(5-7-18)14-20-12-9-16(10-13-20)8-11-19-3;/h4-7,15-16,19H,8-14H2,1-3H3;1H. The number of ether oxygens (including phenoxy) is 1. The molecular formula is C18H31ClN2O. The lowest BCUT2D eigenvalue weighted by Gasteiger charge is -2.32. The van der Waals surface area contributed by atoms with E-state index < -0.39 is 0 Å². The fraction of sp³-hybridized carbons (Fsp3) is 0.667. The monoisotopic (exact) mass is 326 g/mol. The maximum Gasteiger partial charge on any atom is 0.119 e. The molecule has 0 unspecified atom stereocenters. The van der Waals surface area contributed by atoms with Gasteiger partial charge in [-0.25, -0.2) is 0 Å². The van der Waals surface area contributed by atoms with E-state index in [1.165, 1.54) is 37.9 Å². The lowest BCUT2D eigenvalue weighted by Crippen LogP contribution is -2.34. The first-order chi connectivity index (χ1) is 10.2. The molecule has 1 aromatic rings. The summed E-state index contributed by atoms with van der Waals surface area (Å²) in [6.07, 6.45) is 4.25. The Morgan fingerprint density at radius 3 is 2.36 bits per heavy atom. The number of nitrogens with one attached hydrogen (secondary N) is 1. The third-order valence-corrected chi connectivity index (χ3v) is 4.21. The van der Waals surface area contributed by atoms with E-state index in [1.54, 1.807) is 0 Å². The van der Waals surface area contributed by atoms with Crippen LogP contribution in [-0.4, -0.2) is 37.7 Å². The summed E-state index contributed by atoms with van der Waals surface area (Å²) in [5, 5.41) is 3.26. The van der Waals surface area contributed by atoms with Crippen LogP contribution in [0.1, 0.15) is 38.7 Å². The van der Waals surface area contributed by atoms with Crippen LogP contribution in [0.4, 0.5) is 0 Å². The van der Waals surface area contributed by atoms with Crippen molar-refractivity contribution >= 4 is 12.4 Å². The average molecular weight is 327 g/mol. The number of benzene rings is 1. The van der Waals surface area contributed by atoms with E-state index in [2.05, 4.69) is 48.3 Å². The molecule has 0 atom stereocenters. The minimum Gasteiger partial charge on any atom is -0.491 e. The van der Waals surface area contributed by atoms with Crippen LogP contribution in [0.15, 0.2) is 24.3 Å². The Labute approximate surface area is 141 Å². The number of halogens is 1. The van der Waals surface area contributed by atoms with Gasteiger partial charge in [-0.15, -0.1) is 12.4 Å². The number of rotatable bonds is 7. The zero-order valence-corrected chi connectivity index (χ0v) is 15.0. The number of likely N-dealkylation sites (tertiary alicyclic amines) is 1. The molecule has 0 saturated carbocycles. The van der Waals surface area contributed by atoms with E-state index >= 15 is 0 Å². The van der Waals surface area contributed by atoms with Gasteiger partial charge >= 0.3 is 0 Å². The van der Waals surface area contributed by atoms with Gasteiger partial charge in [-0.05, 0) is 83.4 Å². The van der Waals surface area contributed by atoms with Crippen molar-refractivity contribution in [3.63, 3.8) is 0 Å². The second-order valence-corrected chi connectivity index (χ2v) is 6.42. The van der Waals surface area contributed by atoms with Crippen LogP contribution in [-0.2, 0) is 6.54 Å². The topological polar surface area (TPSA) is 24.5 Å². The Morgan fingerprint density at radius 1 is 1.18 bits per heavy atom. The maximum atomic E-state index is 5.69. The third kappa shape index (κ3) is 6.55. The van der Waals surface area contributed by atoms with Crippen LogP contribution in [0, 0.1) is 5.92 Å². The lowest BCUT2D eigenvalue weighted by atomic mass is 9.93. The summed E-state index contributed by atoms with van der Waals surface area (Å²) in [4.78, 5) is 2.58. The molecule has 1 aliphatic heterocycles. The van der Waals surface area contributed by atoms with Gasteiger partial charge in [0.2, 0.25) is 0 Å². The van der Waals surface area contributed by atoms with Crippen molar-refractivity contribution in [2.45, 2.75) is 45.8 Å². The molecular weight excluding hydrogens is 296 g/mol. The van der Waals surface area contributed by atoms with Crippen molar-refractivity contribution in [1.29, 1.82) is 0 Å². The smallest absolute Gasteiger partial charge is 0.119 e. The quantitative estimate of drug-likeness (QED) is 0.826. The Morgan fingerprint density at radius 2 is 1.82 bits per heavy atom. The van der Waals surface area contributed by atoms with Crippen LogP contribution < -0.4 is 10.1 Å². The normalized spacial score (nSPS) is 16.5. The first-order valence-corrected chi connectivity index (χ1v) is 8.30. The average Bonchev–Trinajstić information content (AvgIpc) is 2.48. The second kappa shape index (κ2) is 10.1. The molecule has 1 fully saturated rings. The van der Waals surface area contributed by atoms with E-state index in [-0.39, 0.29) is 18.5 Å². The fourth-order valence-corrected chi connectivity index (χ4v) is 2.99. The fourth-order valence-electron chi connectivity index (χ4n) is 2.99. The highest BCUT2D eigenvalue weighted by atomic mass is 35.5.